The molecule has 7 heteroatoms. The average Bonchev–Trinajstić information content (AvgIpc) is 3.17. The van der Waals surface area contributed by atoms with Crippen LogP contribution in [0, 0.1) is 12.7 Å². The van der Waals surface area contributed by atoms with E-state index in [9.17, 15) is 0 Å². The van der Waals surface area contributed by atoms with Crippen molar-refractivity contribution in [2.75, 3.05) is 36.0 Å². The summed E-state index contributed by atoms with van der Waals surface area (Å²) in [4.78, 5) is 8.78. The Bertz CT molecular complexity index is 1210. The molecule has 0 atom stereocenters. The molecule has 0 unspecified atom stereocenters. The minimum Gasteiger partial charge on any atom is -0.366 e. The second kappa shape index (κ2) is 8.00. The summed E-state index contributed by atoms with van der Waals surface area (Å²) in [5.41, 5.74) is 9.53. The van der Waals surface area contributed by atoms with E-state index in [0.29, 0.717) is 17.7 Å². The lowest BCUT2D eigenvalue weighted by molar-refractivity contribution is 0.599. The number of fused-ring (bicyclic) bond motifs is 1. The summed E-state index contributed by atoms with van der Waals surface area (Å²) in [6.07, 6.45) is 1.80. The number of piperazine rings is 1. The molecule has 1 saturated heterocycles. The highest BCUT2D eigenvalue weighted by molar-refractivity contribution is 5.87. The predicted molar refractivity (Wildman–Crippen MR) is 122 cm³/mol. The van der Waals surface area contributed by atoms with Gasteiger partial charge in [-0.25, -0.2) is 14.1 Å². The standard InChI is InChI=1S/C24H25FN6/c1-17-20-8-9-21(29-11-13-30(14-12-29)22-7-2-3-10-27-22)23(25)24(20)31(28-17)19-6-4-5-18(15-19)16-26/h2-10,15H,11-14,16,26H2,1H3. The van der Waals surface area contributed by atoms with Crippen LogP contribution in [0.15, 0.2) is 60.8 Å². The first kappa shape index (κ1) is 19.5. The molecule has 0 aliphatic carbocycles. The summed E-state index contributed by atoms with van der Waals surface area (Å²) in [7, 11) is 0. The molecule has 6 nitrogen and oxygen atoms in total. The Kier molecular flexibility index (Phi) is 5.03. The number of aromatic nitrogens is 3. The van der Waals surface area contributed by atoms with Crippen LogP contribution in [-0.2, 0) is 6.54 Å². The first-order valence-corrected chi connectivity index (χ1v) is 10.5. The van der Waals surface area contributed by atoms with Crippen LogP contribution < -0.4 is 15.5 Å². The van der Waals surface area contributed by atoms with Gasteiger partial charge in [-0.2, -0.15) is 5.10 Å². The minimum absolute atomic E-state index is 0.234. The van der Waals surface area contributed by atoms with Crippen LogP contribution in [0.5, 0.6) is 0 Å². The average molecular weight is 417 g/mol. The van der Waals surface area contributed by atoms with E-state index in [0.717, 1.165) is 54.3 Å². The Labute approximate surface area is 180 Å². The lowest BCUT2D eigenvalue weighted by Gasteiger charge is -2.36. The Hall–Kier alpha value is -3.45. The van der Waals surface area contributed by atoms with Crippen LogP contribution in [0.1, 0.15) is 11.3 Å². The SMILES string of the molecule is Cc1nn(-c2cccc(CN)c2)c2c(F)c(N3CCN(c4ccccn4)CC3)ccc12. The molecule has 1 aliphatic rings. The molecule has 0 bridgehead atoms. The topological polar surface area (TPSA) is 63.2 Å². The predicted octanol–water partition coefficient (Wildman–Crippen LogP) is 3.65. The van der Waals surface area contributed by atoms with Gasteiger partial charge < -0.3 is 15.5 Å². The zero-order valence-corrected chi connectivity index (χ0v) is 17.5. The summed E-state index contributed by atoms with van der Waals surface area (Å²) in [5, 5.41) is 5.46. The molecule has 5 rings (SSSR count). The molecule has 4 aromatic rings. The van der Waals surface area contributed by atoms with Gasteiger partial charge in [0.2, 0.25) is 0 Å². The Morgan fingerprint density at radius 2 is 1.77 bits per heavy atom. The Morgan fingerprint density at radius 3 is 2.52 bits per heavy atom. The number of rotatable bonds is 4. The number of hydrogen-bond acceptors (Lipinski definition) is 5. The maximum atomic E-state index is 15.9. The normalized spacial score (nSPS) is 14.4. The second-order valence-electron chi connectivity index (χ2n) is 7.83. The van der Waals surface area contributed by atoms with E-state index in [-0.39, 0.29) is 5.82 Å². The lowest BCUT2D eigenvalue weighted by atomic mass is 10.1. The van der Waals surface area contributed by atoms with Crippen LogP contribution >= 0.6 is 0 Å². The molecule has 2 aromatic carbocycles. The van der Waals surface area contributed by atoms with Gasteiger partial charge in [0, 0.05) is 44.3 Å². The molecular weight excluding hydrogens is 391 g/mol. The van der Waals surface area contributed by atoms with Crippen molar-refractivity contribution in [2.24, 2.45) is 5.73 Å². The van der Waals surface area contributed by atoms with Crippen molar-refractivity contribution < 1.29 is 4.39 Å². The van der Waals surface area contributed by atoms with E-state index in [1.54, 1.807) is 10.9 Å². The third-order valence-corrected chi connectivity index (χ3v) is 5.93. The maximum absolute atomic E-state index is 15.9. The summed E-state index contributed by atoms with van der Waals surface area (Å²) < 4.78 is 17.6. The highest BCUT2D eigenvalue weighted by Gasteiger charge is 2.23. The molecule has 0 spiro atoms. The van der Waals surface area contributed by atoms with E-state index < -0.39 is 0 Å². The molecule has 0 amide bonds. The van der Waals surface area contributed by atoms with E-state index in [2.05, 4.69) is 19.9 Å². The number of benzene rings is 2. The number of nitrogens with zero attached hydrogens (tertiary/aromatic N) is 5. The second-order valence-corrected chi connectivity index (χ2v) is 7.83. The maximum Gasteiger partial charge on any atom is 0.172 e. The third kappa shape index (κ3) is 3.51. The quantitative estimate of drug-likeness (QED) is 0.550. The van der Waals surface area contributed by atoms with Crippen molar-refractivity contribution in [3.05, 3.63) is 77.9 Å². The molecule has 2 N–H and O–H groups in total. The fraction of sp³-hybridized carbons (Fsp3) is 0.250. The van der Waals surface area contributed by atoms with Gasteiger partial charge in [0.05, 0.1) is 17.1 Å². The van der Waals surface area contributed by atoms with Crippen LogP contribution in [0.4, 0.5) is 15.9 Å². The van der Waals surface area contributed by atoms with Gasteiger partial charge in [0.15, 0.2) is 5.82 Å². The zero-order valence-electron chi connectivity index (χ0n) is 17.5. The summed E-state index contributed by atoms with van der Waals surface area (Å²) in [6.45, 7) is 5.40. The molecule has 2 aromatic heterocycles. The van der Waals surface area contributed by atoms with Crippen molar-refractivity contribution in [3.63, 3.8) is 0 Å². The zero-order chi connectivity index (χ0) is 21.4. The fourth-order valence-electron chi connectivity index (χ4n) is 4.27. The Balaban J connectivity index is 1.49. The van der Waals surface area contributed by atoms with E-state index in [1.165, 1.54) is 0 Å². The van der Waals surface area contributed by atoms with Gasteiger partial charge in [-0.15, -0.1) is 0 Å². The van der Waals surface area contributed by atoms with Crippen molar-refractivity contribution in [1.82, 2.24) is 14.8 Å². The molecular formula is C24H25FN6. The molecule has 1 aliphatic heterocycles. The van der Waals surface area contributed by atoms with Crippen molar-refractivity contribution in [1.29, 1.82) is 0 Å². The fourth-order valence-corrected chi connectivity index (χ4v) is 4.27. The summed E-state index contributed by atoms with van der Waals surface area (Å²) in [6, 6.07) is 17.6. The number of anilines is 2. The molecule has 158 valence electrons. The van der Waals surface area contributed by atoms with Crippen LogP contribution in [0.2, 0.25) is 0 Å². The van der Waals surface area contributed by atoms with E-state index in [4.69, 9.17) is 5.73 Å². The van der Waals surface area contributed by atoms with Crippen LogP contribution in [-0.4, -0.2) is 40.9 Å². The Morgan fingerprint density at radius 1 is 0.968 bits per heavy atom. The van der Waals surface area contributed by atoms with Gasteiger partial charge in [0.25, 0.3) is 0 Å². The largest absolute Gasteiger partial charge is 0.366 e. The molecule has 0 saturated carbocycles. The van der Waals surface area contributed by atoms with Crippen LogP contribution in [0.25, 0.3) is 16.6 Å². The van der Waals surface area contributed by atoms with E-state index in [1.807, 2.05) is 61.5 Å². The highest BCUT2D eigenvalue weighted by atomic mass is 19.1. The van der Waals surface area contributed by atoms with E-state index >= 15 is 4.39 Å². The number of halogens is 1. The van der Waals surface area contributed by atoms with Gasteiger partial charge >= 0.3 is 0 Å². The van der Waals surface area contributed by atoms with Gasteiger partial charge in [-0.3, -0.25) is 0 Å². The van der Waals surface area contributed by atoms with Crippen LogP contribution in [0.3, 0.4) is 0 Å². The summed E-state index contributed by atoms with van der Waals surface area (Å²) >= 11 is 0. The highest BCUT2D eigenvalue weighted by Crippen LogP contribution is 2.32. The molecule has 0 radical (unpaired) electrons. The number of pyridine rings is 1. The van der Waals surface area contributed by atoms with Gasteiger partial charge in [-0.05, 0) is 48.9 Å². The lowest BCUT2D eigenvalue weighted by Crippen LogP contribution is -2.47. The van der Waals surface area contributed by atoms with Crippen molar-refractivity contribution in [2.45, 2.75) is 13.5 Å². The smallest absolute Gasteiger partial charge is 0.172 e. The summed E-state index contributed by atoms with van der Waals surface area (Å²) in [5.74, 6) is 0.731. The molecule has 3 heterocycles. The first-order chi connectivity index (χ1) is 15.2. The first-order valence-electron chi connectivity index (χ1n) is 10.5. The molecule has 1 fully saturated rings. The number of hydrogen-bond donors (Lipinski definition) is 1. The van der Waals surface area contributed by atoms with Gasteiger partial charge in [-0.1, -0.05) is 18.2 Å². The van der Waals surface area contributed by atoms with Gasteiger partial charge in [0.1, 0.15) is 11.3 Å². The minimum atomic E-state index is -0.234. The monoisotopic (exact) mass is 416 g/mol. The molecule has 31 heavy (non-hydrogen) atoms. The third-order valence-electron chi connectivity index (χ3n) is 5.93. The number of nitrogens with two attached hydrogens (primary N) is 1. The van der Waals surface area contributed by atoms with Crippen molar-refractivity contribution >= 4 is 22.4 Å². The number of aryl methyl sites for hydroxylation is 1. The van der Waals surface area contributed by atoms with Crippen molar-refractivity contribution in [3.8, 4) is 5.69 Å².